The molecule has 0 fully saturated rings. The molecule has 0 aromatic carbocycles. The zero-order valence-electron chi connectivity index (χ0n) is 6.07. The first-order valence-electron chi connectivity index (χ1n) is 3.15. The predicted molar refractivity (Wildman–Crippen MR) is 59.6 cm³/mol. The Bertz CT molecular complexity index is 398. The fourth-order valence-electron chi connectivity index (χ4n) is 0.984. The maximum Gasteiger partial charge on any atom is 0.142 e. The van der Waals surface area contributed by atoms with Gasteiger partial charge in [0.25, 0.3) is 0 Å². The Morgan fingerprint density at radius 3 is 2.83 bits per heavy atom. The first kappa shape index (κ1) is 9.60. The molecule has 2 rings (SSSR count). The van der Waals surface area contributed by atoms with E-state index < -0.39 is 0 Å². The van der Waals surface area contributed by atoms with Crippen LogP contribution in [0.2, 0.25) is 0 Å². The van der Waals surface area contributed by atoms with Gasteiger partial charge in [-0.25, -0.2) is 4.98 Å². The summed E-state index contributed by atoms with van der Waals surface area (Å²) in [5.74, 6) is 0.562. The van der Waals surface area contributed by atoms with E-state index in [9.17, 15) is 0 Å². The van der Waals surface area contributed by atoms with Crippen molar-refractivity contribution in [2.24, 2.45) is 0 Å². The molecule has 5 heteroatoms. The van der Waals surface area contributed by atoms with E-state index >= 15 is 0 Å². The van der Waals surface area contributed by atoms with Crippen LogP contribution in [0.1, 0.15) is 0 Å². The van der Waals surface area contributed by atoms with Crippen LogP contribution in [0.25, 0.3) is 5.65 Å². The van der Waals surface area contributed by atoms with Crippen molar-refractivity contribution in [1.82, 2.24) is 9.38 Å². The Morgan fingerprint density at radius 2 is 2.08 bits per heavy atom. The normalized spacial score (nSPS) is 9.75. The van der Waals surface area contributed by atoms with Crippen molar-refractivity contribution in [2.75, 3.05) is 5.73 Å². The largest absolute Gasteiger partial charge is 0.382 e. The lowest BCUT2D eigenvalue weighted by atomic mass is 10.5. The maximum absolute atomic E-state index is 5.51. The van der Waals surface area contributed by atoms with Gasteiger partial charge in [0, 0.05) is 9.77 Å². The van der Waals surface area contributed by atoms with Gasteiger partial charge in [0.05, 0.1) is 6.20 Å². The summed E-state index contributed by atoms with van der Waals surface area (Å²) in [6.45, 7) is 0. The van der Waals surface area contributed by atoms with E-state index in [-0.39, 0.29) is 12.4 Å². The first-order chi connectivity index (χ1) is 5.25. The summed E-state index contributed by atoms with van der Waals surface area (Å²) in [7, 11) is 0. The zero-order chi connectivity index (χ0) is 7.84. The van der Waals surface area contributed by atoms with E-state index in [0.717, 1.165) is 5.65 Å². The molecule has 64 valence electrons. The molecule has 12 heavy (non-hydrogen) atoms. The van der Waals surface area contributed by atoms with Crippen molar-refractivity contribution in [3.05, 3.63) is 28.1 Å². The van der Waals surface area contributed by atoms with Gasteiger partial charge in [0.15, 0.2) is 0 Å². The van der Waals surface area contributed by atoms with Gasteiger partial charge >= 0.3 is 0 Å². The molecule has 0 saturated carbocycles. The molecule has 2 N–H and O–H groups in total. The van der Waals surface area contributed by atoms with E-state index in [2.05, 4.69) is 27.6 Å². The van der Waals surface area contributed by atoms with Crippen LogP contribution in [0.15, 0.2) is 24.5 Å². The van der Waals surface area contributed by atoms with Crippen molar-refractivity contribution in [2.45, 2.75) is 0 Å². The third kappa shape index (κ3) is 1.64. The summed E-state index contributed by atoms with van der Waals surface area (Å²) in [5.41, 5.74) is 6.40. The molecule has 0 aliphatic heterocycles. The number of hydrogen-bond donors (Lipinski definition) is 1. The van der Waals surface area contributed by atoms with Crippen LogP contribution in [-0.2, 0) is 0 Å². The van der Waals surface area contributed by atoms with Crippen molar-refractivity contribution in [3.63, 3.8) is 0 Å². The minimum Gasteiger partial charge on any atom is -0.382 e. The second-order valence-electron chi connectivity index (χ2n) is 2.28. The smallest absolute Gasteiger partial charge is 0.142 e. The van der Waals surface area contributed by atoms with Crippen LogP contribution < -0.4 is 5.73 Å². The molecule has 0 unspecified atom stereocenters. The van der Waals surface area contributed by atoms with Crippen LogP contribution in [0.5, 0.6) is 0 Å². The Kier molecular flexibility index (Phi) is 2.79. The van der Waals surface area contributed by atoms with Gasteiger partial charge in [0.2, 0.25) is 0 Å². The van der Waals surface area contributed by atoms with Gasteiger partial charge in [-0.2, -0.15) is 0 Å². The van der Waals surface area contributed by atoms with E-state index in [1.54, 1.807) is 6.20 Å². The fraction of sp³-hybridized carbons (Fsp3) is 0. The predicted octanol–water partition coefficient (Wildman–Crippen LogP) is 1.94. The molecule has 2 heterocycles. The van der Waals surface area contributed by atoms with Gasteiger partial charge in [-0.15, -0.1) is 12.4 Å². The molecule has 0 radical (unpaired) electrons. The Balaban J connectivity index is 0.000000720. The summed E-state index contributed by atoms with van der Waals surface area (Å²) in [6, 6.07) is 3.94. The SMILES string of the molecule is Cl.Nc1cn2cc(I)ccc2n1. The van der Waals surface area contributed by atoms with Crippen LogP contribution in [0.3, 0.4) is 0 Å². The minimum atomic E-state index is 0. The number of rotatable bonds is 0. The fourth-order valence-corrected chi connectivity index (χ4v) is 1.46. The number of nitrogen functional groups attached to an aromatic ring is 1. The zero-order valence-corrected chi connectivity index (χ0v) is 9.04. The molecule has 2 aromatic heterocycles. The van der Waals surface area contributed by atoms with E-state index in [0.29, 0.717) is 5.82 Å². The number of imidazole rings is 1. The van der Waals surface area contributed by atoms with Gasteiger partial charge < -0.3 is 10.1 Å². The number of fused-ring (bicyclic) bond motifs is 1. The molecule has 0 aliphatic rings. The van der Waals surface area contributed by atoms with Crippen LogP contribution in [0, 0.1) is 3.57 Å². The molecule has 0 saturated heterocycles. The molecule has 3 nitrogen and oxygen atoms in total. The number of nitrogens with zero attached hydrogens (tertiary/aromatic N) is 2. The van der Waals surface area contributed by atoms with Crippen molar-refractivity contribution < 1.29 is 0 Å². The van der Waals surface area contributed by atoms with Crippen molar-refractivity contribution >= 4 is 46.5 Å². The number of hydrogen-bond acceptors (Lipinski definition) is 2. The summed E-state index contributed by atoms with van der Waals surface area (Å²) in [4.78, 5) is 4.09. The molecule has 0 aliphatic carbocycles. The third-order valence-corrected chi connectivity index (χ3v) is 2.07. The lowest BCUT2D eigenvalue weighted by molar-refractivity contribution is 1.17. The monoisotopic (exact) mass is 295 g/mol. The number of halogens is 2. The number of anilines is 1. The van der Waals surface area contributed by atoms with E-state index in [1.165, 1.54) is 3.57 Å². The third-order valence-electron chi connectivity index (χ3n) is 1.43. The Morgan fingerprint density at radius 1 is 1.33 bits per heavy atom. The van der Waals surface area contributed by atoms with E-state index in [4.69, 9.17) is 5.73 Å². The molecular formula is C7H7ClIN3. The van der Waals surface area contributed by atoms with Crippen LogP contribution in [-0.4, -0.2) is 9.38 Å². The minimum absolute atomic E-state index is 0. The summed E-state index contributed by atoms with van der Waals surface area (Å²) < 4.78 is 3.09. The highest BCUT2D eigenvalue weighted by atomic mass is 127. The number of pyridine rings is 1. The number of nitrogens with two attached hydrogens (primary N) is 1. The van der Waals surface area contributed by atoms with Gasteiger partial charge in [-0.3, -0.25) is 0 Å². The first-order valence-corrected chi connectivity index (χ1v) is 4.23. The van der Waals surface area contributed by atoms with Gasteiger partial charge in [-0.05, 0) is 34.7 Å². The van der Waals surface area contributed by atoms with Crippen LogP contribution in [0.4, 0.5) is 5.82 Å². The van der Waals surface area contributed by atoms with E-state index in [1.807, 2.05) is 22.7 Å². The molecule has 0 atom stereocenters. The lowest BCUT2D eigenvalue weighted by Gasteiger charge is -1.91. The average molecular weight is 296 g/mol. The standard InChI is InChI=1S/C7H6IN3.ClH/c8-5-1-2-7-10-6(9)4-11(7)3-5;/h1-4H,9H2;1H. The molecular weight excluding hydrogens is 288 g/mol. The highest BCUT2D eigenvalue weighted by molar-refractivity contribution is 14.1. The second-order valence-corrected chi connectivity index (χ2v) is 3.52. The number of aromatic nitrogens is 2. The lowest BCUT2D eigenvalue weighted by Crippen LogP contribution is -1.82. The maximum atomic E-state index is 5.51. The Hall–Kier alpha value is -0.490. The highest BCUT2D eigenvalue weighted by Crippen LogP contribution is 2.09. The molecule has 0 amide bonds. The molecule has 0 bridgehead atoms. The molecule has 0 spiro atoms. The van der Waals surface area contributed by atoms with Gasteiger partial charge in [-0.1, -0.05) is 0 Å². The van der Waals surface area contributed by atoms with Crippen molar-refractivity contribution in [3.8, 4) is 0 Å². The van der Waals surface area contributed by atoms with Crippen molar-refractivity contribution in [1.29, 1.82) is 0 Å². The topological polar surface area (TPSA) is 43.3 Å². The van der Waals surface area contributed by atoms with Gasteiger partial charge in [0.1, 0.15) is 11.5 Å². The Labute approximate surface area is 89.5 Å². The highest BCUT2D eigenvalue weighted by Gasteiger charge is 1.96. The quantitative estimate of drug-likeness (QED) is 0.755. The average Bonchev–Trinajstić information content (AvgIpc) is 2.27. The molecule has 2 aromatic rings. The summed E-state index contributed by atoms with van der Waals surface area (Å²) in [5, 5.41) is 0. The van der Waals surface area contributed by atoms with Crippen LogP contribution >= 0.6 is 35.0 Å². The summed E-state index contributed by atoms with van der Waals surface area (Å²) in [6.07, 6.45) is 3.79. The summed E-state index contributed by atoms with van der Waals surface area (Å²) >= 11 is 2.25. The second kappa shape index (κ2) is 3.49.